The van der Waals surface area contributed by atoms with Gasteiger partial charge in [-0.3, -0.25) is 0 Å². The van der Waals surface area contributed by atoms with Crippen molar-refractivity contribution in [2.24, 2.45) is 11.7 Å². The minimum atomic E-state index is -2.72. The molecule has 12 heavy (non-hydrogen) atoms. The van der Waals surface area contributed by atoms with E-state index in [9.17, 15) is 8.42 Å². The van der Waals surface area contributed by atoms with Crippen LogP contribution < -0.4 is 5.73 Å². The zero-order valence-corrected chi connectivity index (χ0v) is 8.52. The van der Waals surface area contributed by atoms with Crippen LogP contribution in [0, 0.1) is 5.92 Å². The highest BCUT2D eigenvalue weighted by Gasteiger charge is 2.30. The van der Waals surface area contributed by atoms with E-state index >= 15 is 0 Å². The Morgan fingerprint density at radius 2 is 2.08 bits per heavy atom. The minimum absolute atomic E-state index is 0.232. The maximum Gasteiger partial charge on any atom is 0.150 e. The van der Waals surface area contributed by atoms with E-state index in [1.165, 1.54) is 0 Å². The van der Waals surface area contributed by atoms with Gasteiger partial charge in [0.15, 0.2) is 9.84 Å². The van der Waals surface area contributed by atoms with Crippen LogP contribution in [0.3, 0.4) is 0 Å². The molecule has 1 heterocycles. The van der Waals surface area contributed by atoms with E-state index in [-0.39, 0.29) is 11.5 Å². The van der Waals surface area contributed by atoms with Crippen LogP contribution in [0.1, 0.15) is 26.7 Å². The Bertz CT molecular complexity index is 251. The van der Waals surface area contributed by atoms with Gasteiger partial charge in [0.2, 0.25) is 0 Å². The van der Waals surface area contributed by atoms with E-state index in [2.05, 4.69) is 0 Å². The van der Waals surface area contributed by atoms with Gasteiger partial charge in [-0.05, 0) is 32.6 Å². The fraction of sp³-hybridized carbons (Fsp3) is 1.00. The van der Waals surface area contributed by atoms with Gasteiger partial charge < -0.3 is 5.73 Å². The van der Waals surface area contributed by atoms with E-state index < -0.39 is 9.84 Å². The summed E-state index contributed by atoms with van der Waals surface area (Å²) >= 11 is 0. The van der Waals surface area contributed by atoms with Gasteiger partial charge in [-0.15, -0.1) is 0 Å². The maximum absolute atomic E-state index is 11.1. The standard InChI is InChI=1S/C8H17NO2S/c1-8(2,9)5-7-3-4-12(10,11)6-7/h7H,3-6,9H2,1-2H3. The minimum Gasteiger partial charge on any atom is -0.326 e. The van der Waals surface area contributed by atoms with Gasteiger partial charge in [-0.25, -0.2) is 8.42 Å². The molecule has 1 saturated heterocycles. The van der Waals surface area contributed by atoms with Gasteiger partial charge in [-0.2, -0.15) is 0 Å². The van der Waals surface area contributed by atoms with Crippen LogP contribution in [0.4, 0.5) is 0 Å². The number of nitrogens with two attached hydrogens (primary N) is 1. The lowest BCUT2D eigenvalue weighted by atomic mass is 9.91. The summed E-state index contributed by atoms with van der Waals surface area (Å²) in [4.78, 5) is 0. The molecule has 72 valence electrons. The van der Waals surface area contributed by atoms with Gasteiger partial charge in [0, 0.05) is 5.54 Å². The second-order valence-electron chi connectivity index (χ2n) is 4.46. The molecular formula is C8H17NO2S. The molecule has 0 aromatic carbocycles. The molecule has 0 amide bonds. The predicted octanol–water partition coefficient (Wildman–Crippen LogP) is 0.548. The average molecular weight is 191 g/mol. The highest BCUT2D eigenvalue weighted by atomic mass is 32.2. The largest absolute Gasteiger partial charge is 0.326 e. The van der Waals surface area contributed by atoms with Crippen LogP contribution in [0.15, 0.2) is 0 Å². The second kappa shape index (κ2) is 3.00. The summed E-state index contributed by atoms with van der Waals surface area (Å²) in [6.07, 6.45) is 1.61. The quantitative estimate of drug-likeness (QED) is 0.693. The molecular weight excluding hydrogens is 174 g/mol. The van der Waals surface area contributed by atoms with Crippen molar-refractivity contribution >= 4 is 9.84 Å². The SMILES string of the molecule is CC(C)(N)CC1CCS(=O)(=O)C1. The molecule has 1 atom stereocenters. The molecule has 1 aliphatic rings. The summed E-state index contributed by atoms with van der Waals surface area (Å²) in [5.74, 6) is 0.983. The number of sulfone groups is 1. The first-order valence-electron chi connectivity index (χ1n) is 4.28. The Kier molecular flexibility index (Phi) is 2.50. The van der Waals surface area contributed by atoms with Gasteiger partial charge in [0.1, 0.15) is 0 Å². The Morgan fingerprint density at radius 1 is 1.50 bits per heavy atom. The van der Waals surface area contributed by atoms with Crippen molar-refractivity contribution < 1.29 is 8.42 Å². The molecule has 0 radical (unpaired) electrons. The Balaban J connectivity index is 2.49. The van der Waals surface area contributed by atoms with Crippen molar-refractivity contribution in [1.29, 1.82) is 0 Å². The number of hydrogen-bond donors (Lipinski definition) is 1. The topological polar surface area (TPSA) is 60.2 Å². The smallest absolute Gasteiger partial charge is 0.150 e. The van der Waals surface area contributed by atoms with Crippen molar-refractivity contribution in [2.75, 3.05) is 11.5 Å². The van der Waals surface area contributed by atoms with Crippen molar-refractivity contribution in [3.05, 3.63) is 0 Å². The molecule has 3 nitrogen and oxygen atoms in total. The summed E-state index contributed by atoms with van der Waals surface area (Å²) < 4.78 is 22.2. The first-order chi connectivity index (χ1) is 5.29. The highest BCUT2D eigenvalue weighted by Crippen LogP contribution is 2.25. The van der Waals surface area contributed by atoms with Crippen LogP contribution in [0.25, 0.3) is 0 Å². The number of hydrogen-bond acceptors (Lipinski definition) is 3. The molecule has 1 unspecified atom stereocenters. The van der Waals surface area contributed by atoms with E-state index in [1.807, 2.05) is 13.8 Å². The fourth-order valence-corrected chi connectivity index (χ4v) is 3.64. The Morgan fingerprint density at radius 3 is 2.42 bits per heavy atom. The van der Waals surface area contributed by atoms with Crippen LogP contribution in [0.5, 0.6) is 0 Å². The van der Waals surface area contributed by atoms with Gasteiger partial charge in [0.05, 0.1) is 11.5 Å². The van der Waals surface area contributed by atoms with Gasteiger partial charge >= 0.3 is 0 Å². The molecule has 0 spiro atoms. The monoisotopic (exact) mass is 191 g/mol. The third kappa shape index (κ3) is 3.11. The van der Waals surface area contributed by atoms with Crippen LogP contribution in [-0.4, -0.2) is 25.5 Å². The molecule has 4 heteroatoms. The molecule has 0 aromatic rings. The predicted molar refractivity (Wildman–Crippen MR) is 49.6 cm³/mol. The molecule has 0 aromatic heterocycles. The second-order valence-corrected chi connectivity index (χ2v) is 6.69. The van der Waals surface area contributed by atoms with Crippen molar-refractivity contribution in [1.82, 2.24) is 0 Å². The molecule has 1 rings (SSSR count). The lowest BCUT2D eigenvalue weighted by Crippen LogP contribution is -2.34. The normalized spacial score (nSPS) is 29.1. The maximum atomic E-state index is 11.1. The first-order valence-corrected chi connectivity index (χ1v) is 6.10. The highest BCUT2D eigenvalue weighted by molar-refractivity contribution is 7.91. The third-order valence-electron chi connectivity index (χ3n) is 2.14. The van der Waals surface area contributed by atoms with Gasteiger partial charge in [0.25, 0.3) is 0 Å². The molecule has 0 bridgehead atoms. The first kappa shape index (κ1) is 9.99. The summed E-state index contributed by atoms with van der Waals surface area (Å²) in [6, 6.07) is 0. The molecule has 0 saturated carbocycles. The zero-order valence-electron chi connectivity index (χ0n) is 7.71. The Hall–Kier alpha value is -0.0900. The number of rotatable bonds is 2. The lowest BCUT2D eigenvalue weighted by molar-refractivity contribution is 0.385. The van der Waals surface area contributed by atoms with Crippen molar-refractivity contribution in [3.8, 4) is 0 Å². The summed E-state index contributed by atoms with van der Waals surface area (Å²) in [7, 11) is -2.72. The summed E-state index contributed by atoms with van der Waals surface area (Å²) in [5.41, 5.74) is 5.58. The van der Waals surface area contributed by atoms with E-state index in [4.69, 9.17) is 5.73 Å². The molecule has 2 N–H and O–H groups in total. The van der Waals surface area contributed by atoms with Crippen LogP contribution >= 0.6 is 0 Å². The Labute approximate surface area is 74.3 Å². The van der Waals surface area contributed by atoms with Crippen molar-refractivity contribution in [2.45, 2.75) is 32.2 Å². The van der Waals surface area contributed by atoms with E-state index in [0.29, 0.717) is 11.5 Å². The van der Waals surface area contributed by atoms with E-state index in [0.717, 1.165) is 12.8 Å². The van der Waals surface area contributed by atoms with Crippen molar-refractivity contribution in [3.63, 3.8) is 0 Å². The van der Waals surface area contributed by atoms with Gasteiger partial charge in [-0.1, -0.05) is 0 Å². The molecule has 1 aliphatic heterocycles. The summed E-state index contributed by atoms with van der Waals surface area (Å²) in [5, 5.41) is 0. The zero-order chi connectivity index (χ0) is 9.41. The van der Waals surface area contributed by atoms with Crippen LogP contribution in [0.2, 0.25) is 0 Å². The lowest BCUT2D eigenvalue weighted by Gasteiger charge is -2.21. The van der Waals surface area contributed by atoms with E-state index in [1.54, 1.807) is 0 Å². The fourth-order valence-electron chi connectivity index (χ4n) is 1.78. The van der Waals surface area contributed by atoms with Crippen LogP contribution in [-0.2, 0) is 9.84 Å². The molecule has 1 fully saturated rings. The average Bonchev–Trinajstić information content (AvgIpc) is 2.05. The summed E-state index contributed by atoms with van der Waals surface area (Å²) in [6.45, 7) is 3.88. The third-order valence-corrected chi connectivity index (χ3v) is 3.98. The molecule has 0 aliphatic carbocycles.